The quantitative estimate of drug-likeness (QED) is 0.658. The molecule has 1 aliphatic heterocycles. The lowest BCUT2D eigenvalue weighted by Gasteiger charge is -2.25. The van der Waals surface area contributed by atoms with Crippen LogP contribution in [0.5, 0.6) is 5.75 Å². The van der Waals surface area contributed by atoms with Crippen LogP contribution in [0.2, 0.25) is 0 Å². The fraction of sp³-hybridized carbons (Fsp3) is 0.231. The van der Waals surface area contributed by atoms with Gasteiger partial charge in [0.1, 0.15) is 0 Å². The summed E-state index contributed by atoms with van der Waals surface area (Å²) in [5.74, 6) is -1.94. The molecule has 1 heterocycles. The molecule has 5 nitrogen and oxygen atoms in total. The minimum absolute atomic E-state index is 0.426. The van der Waals surface area contributed by atoms with E-state index in [1.54, 1.807) is 26.2 Å². The van der Waals surface area contributed by atoms with Gasteiger partial charge >= 0.3 is 0 Å². The molecular weight excluding hydrogens is 266 g/mol. The number of para-hydroxylation sites is 1. The molecular formula is C13H14F2N4O. The number of dihydropyridines is 1. The molecule has 0 bridgehead atoms. The second-order valence-corrected chi connectivity index (χ2v) is 4.26. The highest BCUT2D eigenvalue weighted by Gasteiger charge is 2.19. The first-order valence-corrected chi connectivity index (χ1v) is 5.89. The van der Waals surface area contributed by atoms with Gasteiger partial charge in [0.15, 0.2) is 23.6 Å². The fourth-order valence-corrected chi connectivity index (χ4v) is 1.83. The minimum atomic E-state index is -0.758. The van der Waals surface area contributed by atoms with E-state index in [4.69, 9.17) is 10.3 Å². The van der Waals surface area contributed by atoms with Gasteiger partial charge in [-0.05, 0) is 30.7 Å². The van der Waals surface area contributed by atoms with Gasteiger partial charge in [0, 0.05) is 13.2 Å². The first kappa shape index (κ1) is 14.0. The van der Waals surface area contributed by atoms with Crippen LogP contribution in [0.3, 0.4) is 0 Å². The van der Waals surface area contributed by atoms with Gasteiger partial charge in [0.2, 0.25) is 0 Å². The Morgan fingerprint density at radius 3 is 2.55 bits per heavy atom. The summed E-state index contributed by atoms with van der Waals surface area (Å²) in [6, 6.07) is 3.54. The van der Waals surface area contributed by atoms with Gasteiger partial charge in [-0.15, -0.1) is 0 Å². The first-order valence-electron chi connectivity index (χ1n) is 5.89. The normalized spacial score (nSPS) is 17.7. The Morgan fingerprint density at radius 2 is 2.00 bits per heavy atom. The fourth-order valence-electron chi connectivity index (χ4n) is 1.83. The van der Waals surface area contributed by atoms with E-state index in [2.05, 4.69) is 10.5 Å². The Kier molecular flexibility index (Phi) is 3.97. The van der Waals surface area contributed by atoms with Gasteiger partial charge in [-0.3, -0.25) is 0 Å². The second kappa shape index (κ2) is 5.68. The average molecular weight is 280 g/mol. The highest BCUT2D eigenvalue weighted by molar-refractivity contribution is 5.33. The molecule has 1 aromatic rings. The largest absolute Gasteiger partial charge is 0.461 e. The number of rotatable bonds is 4. The van der Waals surface area contributed by atoms with Crippen molar-refractivity contribution in [2.24, 2.45) is 5.22 Å². The van der Waals surface area contributed by atoms with Gasteiger partial charge in [-0.25, -0.2) is 13.8 Å². The summed E-state index contributed by atoms with van der Waals surface area (Å²) in [7, 11) is 1.62. The van der Waals surface area contributed by atoms with Crippen LogP contribution in [-0.4, -0.2) is 18.3 Å². The van der Waals surface area contributed by atoms with Crippen LogP contribution >= 0.6 is 0 Å². The maximum Gasteiger partial charge on any atom is 0.193 e. The maximum absolute atomic E-state index is 13.5. The van der Waals surface area contributed by atoms with E-state index < -0.39 is 23.6 Å². The Hall–Kier alpha value is -2.44. The van der Waals surface area contributed by atoms with Crippen molar-refractivity contribution < 1.29 is 13.5 Å². The smallest absolute Gasteiger partial charge is 0.193 e. The Balaban J connectivity index is 2.15. The van der Waals surface area contributed by atoms with Crippen LogP contribution in [0, 0.1) is 17.2 Å². The van der Waals surface area contributed by atoms with Crippen molar-refractivity contribution in [2.75, 3.05) is 7.05 Å². The summed E-state index contributed by atoms with van der Waals surface area (Å²) in [6.45, 7) is 1.79. The molecule has 1 aromatic carbocycles. The topological polar surface area (TPSA) is 60.7 Å². The Labute approximate surface area is 115 Å². The molecule has 0 spiro atoms. The Bertz CT molecular complexity index is 565. The van der Waals surface area contributed by atoms with Crippen molar-refractivity contribution in [1.82, 2.24) is 10.3 Å². The number of hydrogen-bond donors (Lipinski definition) is 2. The predicted molar refractivity (Wildman–Crippen MR) is 68.7 cm³/mol. The molecule has 0 aromatic heterocycles. The van der Waals surface area contributed by atoms with E-state index in [1.165, 1.54) is 11.1 Å². The van der Waals surface area contributed by atoms with Crippen LogP contribution in [-0.2, 0) is 0 Å². The lowest BCUT2D eigenvalue weighted by atomic mass is 10.1. The standard InChI is InChI=1S/C13H14F2N4O/c1-8-6-12(17-7-11(8)19(2)18-16)20-13-9(14)4-3-5-10(13)15/h3-7,12,16-17H,1-2H3. The van der Waals surface area contributed by atoms with Crippen LogP contribution in [0.15, 0.2) is 47.0 Å². The summed E-state index contributed by atoms with van der Waals surface area (Å²) in [5, 5.41) is 7.47. The molecule has 20 heavy (non-hydrogen) atoms. The molecule has 1 atom stereocenters. The van der Waals surface area contributed by atoms with E-state index in [9.17, 15) is 8.78 Å². The molecule has 0 radical (unpaired) electrons. The Morgan fingerprint density at radius 1 is 1.35 bits per heavy atom. The van der Waals surface area contributed by atoms with Crippen LogP contribution < -0.4 is 10.1 Å². The third-order valence-electron chi connectivity index (χ3n) is 2.85. The number of allylic oxidation sites excluding steroid dienone is 1. The molecule has 7 heteroatoms. The lowest BCUT2D eigenvalue weighted by Crippen LogP contribution is -2.34. The molecule has 1 aliphatic rings. The maximum atomic E-state index is 13.5. The van der Waals surface area contributed by atoms with E-state index >= 15 is 0 Å². The highest BCUT2D eigenvalue weighted by Crippen LogP contribution is 2.24. The van der Waals surface area contributed by atoms with E-state index in [1.807, 2.05) is 0 Å². The molecule has 0 fully saturated rings. The summed E-state index contributed by atoms with van der Waals surface area (Å²) >= 11 is 0. The molecule has 0 aliphatic carbocycles. The van der Waals surface area contributed by atoms with Crippen molar-refractivity contribution in [3.8, 4) is 5.75 Å². The van der Waals surface area contributed by atoms with Gasteiger partial charge in [0.25, 0.3) is 0 Å². The van der Waals surface area contributed by atoms with Gasteiger partial charge in [0.05, 0.1) is 5.70 Å². The number of benzene rings is 1. The summed E-state index contributed by atoms with van der Waals surface area (Å²) in [6.07, 6.45) is 2.55. The van der Waals surface area contributed by atoms with Gasteiger partial charge in [-0.1, -0.05) is 11.3 Å². The summed E-state index contributed by atoms with van der Waals surface area (Å²) in [4.78, 5) is 0. The first-order chi connectivity index (χ1) is 9.52. The van der Waals surface area contributed by atoms with E-state index in [0.29, 0.717) is 5.70 Å². The van der Waals surface area contributed by atoms with Crippen molar-refractivity contribution in [3.63, 3.8) is 0 Å². The second-order valence-electron chi connectivity index (χ2n) is 4.26. The molecule has 0 saturated heterocycles. The molecule has 0 saturated carbocycles. The SMILES string of the molecule is CC1=CC(Oc2c(F)cccc2F)NC=C1N(C)N=N. The minimum Gasteiger partial charge on any atom is -0.461 e. The van der Waals surface area contributed by atoms with Crippen molar-refractivity contribution in [1.29, 1.82) is 5.53 Å². The lowest BCUT2D eigenvalue weighted by molar-refractivity contribution is 0.202. The number of ether oxygens (including phenoxy) is 1. The number of halogens is 2. The van der Waals surface area contributed by atoms with Crippen molar-refractivity contribution >= 4 is 0 Å². The average Bonchev–Trinajstić information content (AvgIpc) is 2.42. The van der Waals surface area contributed by atoms with Gasteiger partial charge in [-0.2, -0.15) is 5.53 Å². The number of likely N-dealkylation sites (N-methyl/N-ethyl adjacent to an activating group) is 1. The van der Waals surface area contributed by atoms with Crippen LogP contribution in [0.4, 0.5) is 8.78 Å². The number of hydrogen-bond acceptors (Lipinski definition) is 4. The molecule has 1 unspecified atom stereocenters. The molecule has 0 amide bonds. The predicted octanol–water partition coefficient (Wildman–Crippen LogP) is 2.94. The zero-order chi connectivity index (χ0) is 14.7. The zero-order valence-electron chi connectivity index (χ0n) is 11.0. The van der Waals surface area contributed by atoms with Crippen LogP contribution in [0.25, 0.3) is 0 Å². The van der Waals surface area contributed by atoms with Gasteiger partial charge < -0.3 is 10.1 Å². The zero-order valence-corrected chi connectivity index (χ0v) is 11.0. The van der Waals surface area contributed by atoms with Crippen molar-refractivity contribution in [2.45, 2.75) is 13.2 Å². The molecule has 106 valence electrons. The van der Waals surface area contributed by atoms with E-state index in [0.717, 1.165) is 17.7 Å². The monoisotopic (exact) mass is 280 g/mol. The third-order valence-corrected chi connectivity index (χ3v) is 2.85. The van der Waals surface area contributed by atoms with Crippen LogP contribution in [0.1, 0.15) is 6.92 Å². The third kappa shape index (κ3) is 2.76. The molecule has 2 rings (SSSR count). The number of nitrogens with zero attached hydrogens (tertiary/aromatic N) is 2. The molecule has 2 N–H and O–H groups in total. The van der Waals surface area contributed by atoms with E-state index in [-0.39, 0.29) is 0 Å². The summed E-state index contributed by atoms with van der Waals surface area (Å²) < 4.78 is 32.2. The summed E-state index contributed by atoms with van der Waals surface area (Å²) in [5.41, 5.74) is 8.40. The number of nitrogens with one attached hydrogen (secondary N) is 2. The highest BCUT2D eigenvalue weighted by atomic mass is 19.1. The van der Waals surface area contributed by atoms with Crippen molar-refractivity contribution in [3.05, 3.63) is 53.4 Å².